The molecule has 1 aromatic carbocycles. The van der Waals surface area contributed by atoms with Crippen molar-refractivity contribution < 1.29 is 20.4 Å². The molecule has 0 spiro atoms. The summed E-state index contributed by atoms with van der Waals surface area (Å²) in [4.78, 5) is 0. The van der Waals surface area contributed by atoms with Crippen molar-refractivity contribution in [3.8, 4) is 0 Å². The molecule has 1 aromatic rings. The van der Waals surface area contributed by atoms with Gasteiger partial charge in [0.25, 0.3) is 0 Å². The Morgan fingerprint density at radius 1 is 1.31 bits per heavy atom. The van der Waals surface area contributed by atoms with Gasteiger partial charge in [-0.25, -0.2) is 0 Å². The maximum absolute atomic E-state index is 8.74. The second kappa shape index (κ2) is 8.91. The summed E-state index contributed by atoms with van der Waals surface area (Å²) in [5.41, 5.74) is 6.94. The summed E-state index contributed by atoms with van der Waals surface area (Å²) in [6.07, 6.45) is 0.973. The minimum atomic E-state index is -4.67. The van der Waals surface area contributed by atoms with Crippen LogP contribution in [0.15, 0.2) is 30.3 Å². The van der Waals surface area contributed by atoms with Crippen molar-refractivity contribution in [3.05, 3.63) is 35.9 Å². The quantitative estimate of drug-likeness (QED) is 0.538. The standard InChI is InChI=1S/C9H13N.Mg.H2O4S.2H/c1-8(10)7-9-5-3-2-4-6-9;;1-5(2,3)4;;/h2-6,8H,7,10H2,1H3;;(H2,1,2,3,4);;/q;+2;;2*-1/t8-;;;;/m0..../s1. The van der Waals surface area contributed by atoms with E-state index in [-0.39, 0.29) is 31.9 Å². The SMILES string of the molecule is C[C@H](N)Cc1ccccc1.O=S(=O)(O)O.[H-].[H-].[Mg+2]. The Bertz CT molecular complexity index is 367. The van der Waals surface area contributed by atoms with Crippen LogP contribution in [-0.4, -0.2) is 46.6 Å². The average Bonchev–Trinajstić information content (AvgIpc) is 2.01. The zero-order valence-corrected chi connectivity index (χ0v) is 11.3. The van der Waals surface area contributed by atoms with Crippen molar-refractivity contribution in [1.29, 1.82) is 0 Å². The van der Waals surface area contributed by atoms with Gasteiger partial charge in [0.15, 0.2) is 0 Å². The van der Waals surface area contributed by atoms with Crippen molar-refractivity contribution in [2.45, 2.75) is 19.4 Å². The molecule has 1 atom stereocenters. The fourth-order valence-corrected chi connectivity index (χ4v) is 0.986. The van der Waals surface area contributed by atoms with Gasteiger partial charge >= 0.3 is 33.5 Å². The molecule has 16 heavy (non-hydrogen) atoms. The Labute approximate surface area is 115 Å². The molecule has 0 aliphatic heterocycles. The molecule has 0 unspecified atom stereocenters. The van der Waals surface area contributed by atoms with E-state index in [1.165, 1.54) is 5.56 Å². The first kappa shape index (κ1) is 18.2. The molecule has 0 radical (unpaired) electrons. The fraction of sp³-hybridized carbons (Fsp3) is 0.333. The summed E-state index contributed by atoms with van der Waals surface area (Å²) in [6.45, 7) is 2.02. The number of benzene rings is 1. The predicted octanol–water partition coefficient (Wildman–Crippen LogP) is 0.768. The van der Waals surface area contributed by atoms with Crippen molar-refractivity contribution in [3.63, 3.8) is 0 Å². The van der Waals surface area contributed by atoms with Crippen LogP contribution in [0.5, 0.6) is 0 Å². The van der Waals surface area contributed by atoms with Crippen molar-refractivity contribution >= 4 is 33.5 Å². The van der Waals surface area contributed by atoms with Gasteiger partial charge in [0.05, 0.1) is 0 Å². The van der Waals surface area contributed by atoms with Gasteiger partial charge < -0.3 is 8.59 Å². The molecular weight excluding hydrogens is 242 g/mol. The predicted molar refractivity (Wildman–Crippen MR) is 66.0 cm³/mol. The maximum Gasteiger partial charge on any atom is 2.00 e. The zero-order valence-electron chi connectivity index (χ0n) is 11.1. The monoisotopic (exact) mass is 259 g/mol. The maximum atomic E-state index is 8.74. The third kappa shape index (κ3) is 16.3. The minimum absolute atomic E-state index is 0. The van der Waals surface area contributed by atoms with Crippen LogP contribution in [0.4, 0.5) is 0 Å². The Balaban J connectivity index is -0.000000109. The smallest absolute Gasteiger partial charge is 1.00 e. The normalized spacial score (nSPS) is 11.8. The van der Waals surface area contributed by atoms with Crippen molar-refractivity contribution in [2.75, 3.05) is 0 Å². The van der Waals surface area contributed by atoms with E-state index in [0.29, 0.717) is 0 Å². The van der Waals surface area contributed by atoms with Gasteiger partial charge in [-0.05, 0) is 18.9 Å². The van der Waals surface area contributed by atoms with Crippen LogP contribution in [0, 0.1) is 0 Å². The van der Waals surface area contributed by atoms with Gasteiger partial charge in [0.2, 0.25) is 0 Å². The van der Waals surface area contributed by atoms with E-state index in [9.17, 15) is 0 Å². The Kier molecular flexibility index (Phi) is 10.1. The first-order chi connectivity index (χ1) is 6.79. The van der Waals surface area contributed by atoms with Crippen molar-refractivity contribution in [2.24, 2.45) is 5.73 Å². The van der Waals surface area contributed by atoms with Gasteiger partial charge in [0.1, 0.15) is 0 Å². The average molecular weight is 260 g/mol. The Morgan fingerprint density at radius 2 is 1.69 bits per heavy atom. The first-order valence-electron chi connectivity index (χ1n) is 4.28. The second-order valence-corrected chi connectivity index (χ2v) is 4.01. The van der Waals surface area contributed by atoms with E-state index < -0.39 is 10.4 Å². The molecule has 4 N–H and O–H groups in total. The number of rotatable bonds is 2. The van der Waals surface area contributed by atoms with Crippen LogP contribution in [0.3, 0.4) is 0 Å². The van der Waals surface area contributed by atoms with Crippen molar-refractivity contribution in [1.82, 2.24) is 0 Å². The van der Waals surface area contributed by atoms with Gasteiger partial charge in [-0.2, -0.15) is 8.42 Å². The number of nitrogens with two attached hydrogens (primary N) is 1. The summed E-state index contributed by atoms with van der Waals surface area (Å²) < 4.78 is 31.6. The summed E-state index contributed by atoms with van der Waals surface area (Å²) in [7, 11) is -4.67. The molecular formula is C9H17MgNO4S. The fourth-order valence-electron chi connectivity index (χ4n) is 0.986. The second-order valence-electron chi connectivity index (χ2n) is 3.11. The van der Waals surface area contributed by atoms with Crippen LogP contribution in [0.1, 0.15) is 15.3 Å². The van der Waals surface area contributed by atoms with E-state index >= 15 is 0 Å². The topological polar surface area (TPSA) is 101 Å². The van der Waals surface area contributed by atoms with Crippen LogP contribution in [-0.2, 0) is 16.8 Å². The summed E-state index contributed by atoms with van der Waals surface area (Å²) in [6, 6.07) is 10.6. The Hall–Kier alpha value is -0.184. The first-order valence-corrected chi connectivity index (χ1v) is 5.68. The van der Waals surface area contributed by atoms with E-state index in [4.69, 9.17) is 23.3 Å². The molecule has 0 aromatic heterocycles. The summed E-state index contributed by atoms with van der Waals surface area (Å²) in [5.74, 6) is 0. The largest absolute Gasteiger partial charge is 2.00 e. The van der Waals surface area contributed by atoms with Gasteiger partial charge in [-0.1, -0.05) is 30.3 Å². The van der Waals surface area contributed by atoms with E-state index in [1.807, 2.05) is 25.1 Å². The summed E-state index contributed by atoms with van der Waals surface area (Å²) >= 11 is 0. The van der Waals surface area contributed by atoms with Gasteiger partial charge in [-0.3, -0.25) is 9.11 Å². The molecule has 5 nitrogen and oxygen atoms in total. The zero-order chi connectivity index (χ0) is 11.9. The third-order valence-corrected chi connectivity index (χ3v) is 1.40. The molecule has 1 rings (SSSR count). The molecule has 0 aliphatic carbocycles. The number of hydrogen-bond donors (Lipinski definition) is 3. The van der Waals surface area contributed by atoms with E-state index in [2.05, 4.69) is 12.1 Å². The van der Waals surface area contributed by atoms with Crippen LogP contribution >= 0.6 is 0 Å². The molecule has 0 heterocycles. The summed E-state index contributed by atoms with van der Waals surface area (Å²) in [5, 5.41) is 0. The molecule has 0 aliphatic rings. The van der Waals surface area contributed by atoms with Crippen LogP contribution in [0.25, 0.3) is 0 Å². The van der Waals surface area contributed by atoms with Crippen LogP contribution in [0.2, 0.25) is 0 Å². The molecule has 0 fully saturated rings. The molecule has 0 bridgehead atoms. The molecule has 7 heteroatoms. The Morgan fingerprint density at radius 3 is 2.00 bits per heavy atom. The van der Waals surface area contributed by atoms with Gasteiger partial charge in [-0.15, -0.1) is 0 Å². The third-order valence-electron chi connectivity index (χ3n) is 1.40. The molecule has 90 valence electrons. The van der Waals surface area contributed by atoms with Crippen LogP contribution < -0.4 is 5.73 Å². The van der Waals surface area contributed by atoms with Gasteiger partial charge in [0, 0.05) is 6.04 Å². The molecule has 0 saturated heterocycles. The molecule has 0 amide bonds. The number of hydrogen-bond acceptors (Lipinski definition) is 3. The van der Waals surface area contributed by atoms with E-state index in [0.717, 1.165) is 6.42 Å². The van der Waals surface area contributed by atoms with E-state index in [1.54, 1.807) is 0 Å². The minimum Gasteiger partial charge on any atom is -1.00 e. The molecule has 0 saturated carbocycles.